The molecular formula is C16H29NO6. The van der Waals surface area contributed by atoms with Crippen LogP contribution in [0.4, 0.5) is 4.79 Å². The van der Waals surface area contributed by atoms with Crippen LogP contribution in [-0.4, -0.2) is 35.5 Å². The topological polar surface area (TPSA) is 102 Å². The fourth-order valence-corrected chi connectivity index (χ4v) is 1.87. The van der Waals surface area contributed by atoms with Crippen LogP contribution in [0.2, 0.25) is 0 Å². The zero-order valence-electron chi connectivity index (χ0n) is 14.6. The highest BCUT2D eigenvalue weighted by molar-refractivity contribution is 5.72. The third kappa shape index (κ3) is 9.76. The minimum Gasteiger partial charge on any atom is -0.481 e. The number of carboxylic acids is 1. The Morgan fingerprint density at radius 1 is 1.09 bits per heavy atom. The van der Waals surface area contributed by atoms with Crippen LogP contribution in [0.25, 0.3) is 0 Å². The lowest BCUT2D eigenvalue weighted by Gasteiger charge is -2.24. The third-order valence-corrected chi connectivity index (χ3v) is 3.43. The van der Waals surface area contributed by atoms with Crippen LogP contribution in [-0.2, 0) is 19.1 Å². The number of hydrogen-bond acceptors (Lipinski definition) is 5. The number of aliphatic carboxylic acids is 1. The predicted octanol–water partition coefficient (Wildman–Crippen LogP) is 2.93. The van der Waals surface area contributed by atoms with E-state index in [9.17, 15) is 14.4 Å². The van der Waals surface area contributed by atoms with Gasteiger partial charge in [0.1, 0.15) is 0 Å². The van der Waals surface area contributed by atoms with E-state index in [1.54, 1.807) is 20.8 Å². The Morgan fingerprint density at radius 3 is 2.13 bits per heavy atom. The maximum Gasteiger partial charge on any atom is 0.410 e. The first-order valence-electron chi connectivity index (χ1n) is 8.07. The lowest BCUT2D eigenvalue weighted by Crippen LogP contribution is -2.41. The molecule has 7 nitrogen and oxygen atoms in total. The number of nitrogens with one attached hydrogen (secondary N) is 1. The summed E-state index contributed by atoms with van der Waals surface area (Å²) in [6.45, 7) is 9.15. The van der Waals surface area contributed by atoms with Gasteiger partial charge in [-0.15, -0.1) is 0 Å². The molecule has 0 aromatic heterocycles. The van der Waals surface area contributed by atoms with E-state index in [-0.39, 0.29) is 24.7 Å². The highest BCUT2D eigenvalue weighted by Gasteiger charge is 2.25. The van der Waals surface area contributed by atoms with Crippen molar-refractivity contribution in [3.05, 3.63) is 0 Å². The normalized spacial score (nSPS) is 14.7. The molecule has 0 bridgehead atoms. The van der Waals surface area contributed by atoms with Gasteiger partial charge in [-0.1, -0.05) is 41.0 Å². The molecular weight excluding hydrogens is 302 g/mol. The Hall–Kier alpha value is -1.79. The maximum absolute atomic E-state index is 12.0. The predicted molar refractivity (Wildman–Crippen MR) is 84.7 cm³/mol. The quantitative estimate of drug-likeness (QED) is 0.471. The third-order valence-electron chi connectivity index (χ3n) is 3.43. The summed E-state index contributed by atoms with van der Waals surface area (Å²) < 4.78 is 10.2. The van der Waals surface area contributed by atoms with Crippen molar-refractivity contribution in [1.29, 1.82) is 0 Å². The summed E-state index contributed by atoms with van der Waals surface area (Å²) in [4.78, 5) is 34.2. The molecule has 134 valence electrons. The van der Waals surface area contributed by atoms with E-state index in [1.165, 1.54) is 0 Å². The summed E-state index contributed by atoms with van der Waals surface area (Å²) in [6.07, 6.45) is -0.336. The van der Waals surface area contributed by atoms with Crippen molar-refractivity contribution in [3.8, 4) is 0 Å². The molecule has 0 saturated carbocycles. The van der Waals surface area contributed by atoms with Crippen LogP contribution < -0.4 is 5.32 Å². The summed E-state index contributed by atoms with van der Waals surface area (Å²) in [7, 11) is 0. The molecule has 0 spiro atoms. The average Bonchev–Trinajstić information content (AvgIpc) is 2.44. The van der Waals surface area contributed by atoms with E-state index in [0.717, 1.165) is 6.42 Å². The van der Waals surface area contributed by atoms with Gasteiger partial charge in [0.25, 0.3) is 6.29 Å². The van der Waals surface area contributed by atoms with Crippen LogP contribution in [0.15, 0.2) is 0 Å². The van der Waals surface area contributed by atoms with Crippen LogP contribution in [0.3, 0.4) is 0 Å². The lowest BCUT2D eigenvalue weighted by atomic mass is 9.97. The van der Waals surface area contributed by atoms with Crippen molar-refractivity contribution in [3.63, 3.8) is 0 Å². The fraction of sp³-hybridized carbons (Fsp3) is 0.812. The minimum absolute atomic E-state index is 0.180. The van der Waals surface area contributed by atoms with Gasteiger partial charge in [-0.05, 0) is 12.3 Å². The van der Waals surface area contributed by atoms with E-state index in [1.807, 2.05) is 13.8 Å². The molecule has 0 heterocycles. The SMILES string of the molecule is CCC(=O)O[C@H](OC(=O)N[C@H](CC(=O)O)C[C@H](C)CC)C(C)C. The summed E-state index contributed by atoms with van der Waals surface area (Å²) in [6, 6.07) is -0.523. The molecule has 7 heteroatoms. The van der Waals surface area contributed by atoms with Gasteiger partial charge in [-0.25, -0.2) is 4.79 Å². The number of carbonyl (C=O) groups excluding carboxylic acids is 2. The van der Waals surface area contributed by atoms with Gasteiger partial charge in [0.15, 0.2) is 0 Å². The molecule has 0 aliphatic heterocycles. The van der Waals surface area contributed by atoms with E-state index in [0.29, 0.717) is 6.42 Å². The molecule has 2 N–H and O–H groups in total. The van der Waals surface area contributed by atoms with Gasteiger partial charge in [-0.3, -0.25) is 9.59 Å². The maximum atomic E-state index is 12.0. The minimum atomic E-state index is -0.989. The number of carboxylic acid groups (broad SMARTS) is 1. The molecule has 0 aromatic carbocycles. The lowest BCUT2D eigenvalue weighted by molar-refractivity contribution is -0.174. The Kier molecular flexibility index (Phi) is 10.0. The first-order chi connectivity index (χ1) is 10.7. The Morgan fingerprint density at radius 2 is 1.70 bits per heavy atom. The fourth-order valence-electron chi connectivity index (χ4n) is 1.87. The molecule has 0 fully saturated rings. The number of rotatable bonds is 10. The summed E-state index contributed by atoms with van der Waals surface area (Å²) >= 11 is 0. The monoisotopic (exact) mass is 331 g/mol. The Bertz CT molecular complexity index is 396. The van der Waals surface area contributed by atoms with E-state index < -0.39 is 30.4 Å². The molecule has 0 aliphatic rings. The molecule has 3 atom stereocenters. The molecule has 0 aromatic rings. The van der Waals surface area contributed by atoms with Crippen molar-refractivity contribution in [2.75, 3.05) is 0 Å². The van der Waals surface area contributed by atoms with E-state index in [2.05, 4.69) is 5.32 Å². The molecule has 1 amide bonds. The number of carbonyl (C=O) groups is 3. The van der Waals surface area contributed by atoms with Crippen molar-refractivity contribution >= 4 is 18.0 Å². The molecule has 0 aliphatic carbocycles. The van der Waals surface area contributed by atoms with Crippen LogP contribution in [0.1, 0.15) is 60.3 Å². The summed E-state index contributed by atoms with van der Waals surface area (Å²) in [5, 5.41) is 11.5. The highest BCUT2D eigenvalue weighted by Crippen LogP contribution is 2.14. The van der Waals surface area contributed by atoms with Crippen molar-refractivity contribution in [1.82, 2.24) is 5.32 Å². The molecule has 0 saturated heterocycles. The smallest absolute Gasteiger partial charge is 0.410 e. The second-order valence-corrected chi connectivity index (χ2v) is 6.05. The second kappa shape index (κ2) is 10.9. The Balaban J connectivity index is 4.68. The average molecular weight is 331 g/mol. The summed E-state index contributed by atoms with van der Waals surface area (Å²) in [5.74, 6) is -1.38. The largest absolute Gasteiger partial charge is 0.481 e. The van der Waals surface area contributed by atoms with Gasteiger partial charge >= 0.3 is 18.0 Å². The van der Waals surface area contributed by atoms with Crippen LogP contribution >= 0.6 is 0 Å². The first kappa shape index (κ1) is 21.2. The van der Waals surface area contributed by atoms with Crippen molar-refractivity contribution in [2.45, 2.75) is 72.6 Å². The molecule has 23 heavy (non-hydrogen) atoms. The summed E-state index contributed by atoms with van der Waals surface area (Å²) in [5.41, 5.74) is 0. The van der Waals surface area contributed by atoms with Crippen molar-refractivity contribution < 1.29 is 29.0 Å². The second-order valence-electron chi connectivity index (χ2n) is 6.05. The first-order valence-corrected chi connectivity index (χ1v) is 8.07. The molecule has 0 radical (unpaired) electrons. The van der Waals surface area contributed by atoms with Crippen LogP contribution in [0.5, 0.6) is 0 Å². The number of alkyl carbamates (subject to hydrolysis) is 1. The van der Waals surface area contributed by atoms with Gasteiger partial charge in [0.05, 0.1) is 6.42 Å². The molecule has 0 unspecified atom stereocenters. The number of esters is 1. The standard InChI is InChI=1S/C16H29NO6/c1-6-11(5)8-12(9-13(18)19)17-16(21)23-15(10(3)4)22-14(20)7-2/h10-12,15H,6-9H2,1-5H3,(H,17,21)(H,18,19)/t11-,12+,15-/m1/s1. The van der Waals surface area contributed by atoms with Gasteiger partial charge in [-0.2, -0.15) is 0 Å². The zero-order valence-corrected chi connectivity index (χ0v) is 14.6. The van der Waals surface area contributed by atoms with Crippen LogP contribution in [0, 0.1) is 11.8 Å². The van der Waals surface area contributed by atoms with E-state index >= 15 is 0 Å². The number of amides is 1. The zero-order chi connectivity index (χ0) is 18.0. The number of hydrogen-bond donors (Lipinski definition) is 2. The van der Waals surface area contributed by atoms with Gasteiger partial charge in [0.2, 0.25) is 0 Å². The van der Waals surface area contributed by atoms with Gasteiger partial charge in [0, 0.05) is 18.4 Å². The van der Waals surface area contributed by atoms with E-state index in [4.69, 9.17) is 14.6 Å². The molecule has 0 rings (SSSR count). The number of ether oxygens (including phenoxy) is 2. The van der Waals surface area contributed by atoms with Crippen molar-refractivity contribution in [2.24, 2.45) is 11.8 Å². The highest BCUT2D eigenvalue weighted by atomic mass is 16.7. The van der Waals surface area contributed by atoms with Gasteiger partial charge < -0.3 is 19.9 Å². The Labute approximate surface area is 137 Å².